The van der Waals surface area contributed by atoms with Gasteiger partial charge in [0.05, 0.1) is 54.6 Å². The van der Waals surface area contributed by atoms with Crippen molar-refractivity contribution in [1.29, 1.82) is 0 Å². The average Bonchev–Trinajstić information content (AvgIpc) is 4.01. The van der Waals surface area contributed by atoms with Crippen LogP contribution in [-0.4, -0.2) is 107 Å². The summed E-state index contributed by atoms with van der Waals surface area (Å²) in [6.07, 6.45) is 8.71. The van der Waals surface area contributed by atoms with Crippen LogP contribution >= 0.6 is 10.0 Å². The van der Waals surface area contributed by atoms with Crippen molar-refractivity contribution in [1.82, 2.24) is 19.9 Å². The van der Waals surface area contributed by atoms with Crippen molar-refractivity contribution in [2.45, 2.75) is 116 Å². The third-order valence-corrected chi connectivity index (χ3v) is 17.2. The third-order valence-electron chi connectivity index (χ3n) is 13.1. The molecule has 0 radical (unpaired) electrons. The van der Waals surface area contributed by atoms with Gasteiger partial charge in [-0.3, -0.25) is 4.90 Å². The smallest absolute Gasteiger partial charge is 0.410 e. The molecular formula is C48H61F2N5O6S. The van der Waals surface area contributed by atoms with Crippen molar-refractivity contribution < 1.29 is 37.6 Å². The molecule has 3 atom stereocenters. The van der Waals surface area contributed by atoms with Gasteiger partial charge in [0.2, 0.25) is 0 Å². The molecule has 1 amide bonds. The van der Waals surface area contributed by atoms with E-state index in [-0.39, 0.29) is 72.4 Å². The Morgan fingerprint density at radius 3 is 2.42 bits per heavy atom. The lowest BCUT2D eigenvalue weighted by Crippen LogP contribution is -2.61. The zero-order chi connectivity index (χ0) is 43.6. The predicted octanol–water partition coefficient (Wildman–Crippen LogP) is 9.51. The van der Waals surface area contributed by atoms with Crippen LogP contribution in [0.25, 0.3) is 32.9 Å². The topological polar surface area (TPSA) is 119 Å². The number of aromatic nitrogens is 3. The fraction of sp³-hybridized carbons (Fsp3) is 0.583. The summed E-state index contributed by atoms with van der Waals surface area (Å²) in [5.41, 5.74) is 0.803. The molecule has 2 aromatic carbocycles. The number of methoxy groups -OCH3 is 1. The standard InChI is InChI=1S/C48H61F2N5O6S/c1-6-10-20-59-47(57)55-32-12-15-39(55)38-16-14-37-41-44(52-46(53-45(41)54(38)27-32)60-29-48(28-56)18-19-48)42(50)43(51-37)35-26-33(61-30-58-5)25-31-11-13-36(49)34(40(31)35)17-24-62(21-7-2,22-8-3)23-9-4/h11,13,25-26,32,38-39,56H,6-10,12,14-16,18-23,27-30H2,1-5H3/t32-,38-,39+/m1/s1. The van der Waals surface area contributed by atoms with Gasteiger partial charge in [0.15, 0.2) is 12.6 Å². The van der Waals surface area contributed by atoms with Gasteiger partial charge in [0, 0.05) is 30.0 Å². The molecule has 1 saturated carbocycles. The molecule has 2 saturated heterocycles. The largest absolute Gasteiger partial charge is 0.468 e. The molecule has 8 rings (SSSR count). The van der Waals surface area contributed by atoms with E-state index in [2.05, 4.69) is 43.8 Å². The number of piperazine rings is 1. The zero-order valence-corrected chi connectivity index (χ0v) is 37.7. The maximum Gasteiger partial charge on any atom is 0.410 e. The monoisotopic (exact) mass is 873 g/mol. The summed E-state index contributed by atoms with van der Waals surface area (Å²) >= 11 is 0. The minimum absolute atomic E-state index is 0.00422. The number of pyridine rings is 1. The SMILES string of the molecule is CCCCOC(=O)N1[C@@H]2CC[C@H]1[C@H]1CCc3nc(-c4cc(OCOC)cc5ccc(F)c(C#CS(CCC)(CCC)CCC)c45)c(F)c4nc(OCC5(CO)CC5)nc(c34)N1C2. The maximum absolute atomic E-state index is 17.9. The van der Waals surface area contributed by atoms with Crippen molar-refractivity contribution >= 4 is 43.6 Å². The highest BCUT2D eigenvalue weighted by Gasteiger charge is 2.51. The number of nitrogens with zero attached hydrogens (tertiary/aromatic N) is 5. The second-order valence-electron chi connectivity index (χ2n) is 17.6. The molecule has 0 spiro atoms. The number of carbonyl (C=O) groups excluding carboxylic acids is 1. The van der Waals surface area contributed by atoms with Gasteiger partial charge < -0.3 is 29.0 Å². The summed E-state index contributed by atoms with van der Waals surface area (Å²) in [5, 5.41) is 15.3. The van der Waals surface area contributed by atoms with Gasteiger partial charge in [-0.25, -0.2) is 18.6 Å². The van der Waals surface area contributed by atoms with Crippen molar-refractivity contribution in [2.24, 2.45) is 5.41 Å². The maximum atomic E-state index is 17.9. The highest BCUT2D eigenvalue weighted by atomic mass is 32.3. The van der Waals surface area contributed by atoms with Crippen LogP contribution in [-0.2, 0) is 15.9 Å². The lowest BCUT2D eigenvalue weighted by molar-refractivity contribution is 0.0512. The van der Waals surface area contributed by atoms with Gasteiger partial charge in [-0.05, 0) is 110 Å². The minimum atomic E-state index is -1.37. The molecule has 14 heteroatoms. The first-order chi connectivity index (χ1) is 30.1. The number of aliphatic hydroxyl groups is 1. The molecule has 2 aromatic heterocycles. The van der Waals surface area contributed by atoms with Crippen LogP contribution in [0, 0.1) is 28.2 Å². The first-order valence-corrected chi connectivity index (χ1v) is 24.8. The quantitative estimate of drug-likeness (QED) is 0.0625. The molecule has 1 aliphatic carbocycles. The number of benzene rings is 2. The van der Waals surface area contributed by atoms with E-state index < -0.39 is 21.7 Å². The molecule has 4 aliphatic rings. The first-order valence-electron chi connectivity index (χ1n) is 22.7. The van der Waals surface area contributed by atoms with E-state index in [9.17, 15) is 9.90 Å². The van der Waals surface area contributed by atoms with Crippen LogP contribution in [0.2, 0.25) is 0 Å². The molecule has 4 aromatic rings. The molecule has 0 unspecified atom stereocenters. The Kier molecular flexibility index (Phi) is 13.3. The number of amides is 1. The van der Waals surface area contributed by atoms with Crippen LogP contribution < -0.4 is 14.4 Å². The molecule has 5 heterocycles. The Hall–Kier alpha value is -4.45. The summed E-state index contributed by atoms with van der Waals surface area (Å²) in [4.78, 5) is 32.6. The second kappa shape index (κ2) is 18.7. The van der Waals surface area contributed by atoms with Crippen LogP contribution in [0.3, 0.4) is 0 Å². The molecule has 3 aliphatic heterocycles. The van der Waals surface area contributed by atoms with E-state index in [0.717, 1.165) is 75.0 Å². The second-order valence-corrected chi connectivity index (χ2v) is 21.1. The number of aryl methyl sites for hydroxylation is 1. The number of halogens is 2. The summed E-state index contributed by atoms with van der Waals surface area (Å²) in [6.45, 7) is 9.56. The van der Waals surface area contributed by atoms with E-state index in [0.29, 0.717) is 65.0 Å². The highest BCUT2D eigenvalue weighted by Crippen LogP contribution is 2.50. The number of carbonyl (C=O) groups is 1. The Balaban J connectivity index is 1.32. The minimum Gasteiger partial charge on any atom is -0.468 e. The molecular weight excluding hydrogens is 813 g/mol. The van der Waals surface area contributed by atoms with Crippen molar-refractivity contribution in [3.63, 3.8) is 0 Å². The Morgan fingerprint density at radius 2 is 1.73 bits per heavy atom. The Labute approximate surface area is 365 Å². The number of ether oxygens (including phenoxy) is 4. The lowest BCUT2D eigenvalue weighted by Gasteiger charge is -2.46. The van der Waals surface area contributed by atoms with E-state index >= 15 is 8.78 Å². The van der Waals surface area contributed by atoms with Gasteiger partial charge in [-0.1, -0.05) is 46.1 Å². The molecule has 62 heavy (non-hydrogen) atoms. The number of fused-ring (bicyclic) bond motifs is 6. The van der Waals surface area contributed by atoms with Crippen LogP contribution in [0.4, 0.5) is 19.4 Å². The average molecular weight is 874 g/mol. The van der Waals surface area contributed by atoms with Crippen molar-refractivity contribution in [3.05, 3.63) is 47.2 Å². The zero-order valence-electron chi connectivity index (χ0n) is 36.9. The third kappa shape index (κ3) is 8.49. The molecule has 3 fully saturated rings. The van der Waals surface area contributed by atoms with Gasteiger partial charge in [0.1, 0.15) is 28.6 Å². The van der Waals surface area contributed by atoms with E-state index in [1.807, 2.05) is 4.90 Å². The number of rotatable bonds is 17. The van der Waals surface area contributed by atoms with Gasteiger partial charge in [-0.2, -0.15) is 20.0 Å². The predicted molar refractivity (Wildman–Crippen MR) is 241 cm³/mol. The number of hydrogen-bond acceptors (Lipinski definition) is 10. The summed E-state index contributed by atoms with van der Waals surface area (Å²) in [7, 11) is 0.158. The number of hydrogen-bond donors (Lipinski definition) is 1. The number of aliphatic hydroxyl groups excluding tert-OH is 1. The first kappa shape index (κ1) is 44.2. The van der Waals surface area contributed by atoms with Crippen molar-refractivity contribution in [2.75, 3.05) is 62.4 Å². The number of unbranched alkanes of at least 4 members (excludes halogenated alkanes) is 1. The fourth-order valence-electron chi connectivity index (χ4n) is 9.88. The summed E-state index contributed by atoms with van der Waals surface area (Å²) in [6, 6.07) is 6.20. The fourth-order valence-corrected chi connectivity index (χ4v) is 13.5. The van der Waals surface area contributed by atoms with E-state index in [4.69, 9.17) is 33.9 Å². The molecule has 11 nitrogen and oxygen atoms in total. The van der Waals surface area contributed by atoms with Gasteiger partial charge in [-0.15, -0.1) is 0 Å². The van der Waals surface area contributed by atoms with E-state index in [1.165, 1.54) is 13.2 Å². The van der Waals surface area contributed by atoms with Crippen molar-refractivity contribution in [3.8, 4) is 34.2 Å². The Bertz CT molecular complexity index is 2350. The molecule has 2 bridgehead atoms. The van der Waals surface area contributed by atoms with Crippen LogP contribution in [0.1, 0.15) is 103 Å². The van der Waals surface area contributed by atoms with Crippen LogP contribution in [0.15, 0.2) is 24.3 Å². The number of anilines is 1. The Morgan fingerprint density at radius 1 is 0.952 bits per heavy atom. The van der Waals surface area contributed by atoms with Crippen LogP contribution in [0.5, 0.6) is 11.8 Å². The highest BCUT2D eigenvalue weighted by molar-refractivity contribution is 8.37. The van der Waals surface area contributed by atoms with Gasteiger partial charge >= 0.3 is 12.1 Å². The summed E-state index contributed by atoms with van der Waals surface area (Å²) in [5.74, 6) is 6.01. The normalized spacial score (nSPS) is 20.1. The summed E-state index contributed by atoms with van der Waals surface area (Å²) < 4.78 is 57.6. The molecule has 334 valence electrons. The van der Waals surface area contributed by atoms with Gasteiger partial charge in [0.25, 0.3) is 0 Å². The van der Waals surface area contributed by atoms with E-state index in [1.54, 1.807) is 18.2 Å². The lowest BCUT2D eigenvalue weighted by atomic mass is 9.95. The molecule has 1 N–H and O–H groups in total.